The monoisotopic (exact) mass is 411 g/mol. The number of thioether (sulfide) groups is 1. The fourth-order valence-corrected chi connectivity index (χ4v) is 5.30. The Morgan fingerprint density at radius 2 is 1.90 bits per heavy atom. The highest BCUT2D eigenvalue weighted by Crippen LogP contribution is 2.36. The number of carbonyl (C=O) groups excluding carboxylic acids is 1. The van der Waals surface area contributed by atoms with Crippen molar-refractivity contribution in [3.05, 3.63) is 77.9 Å². The van der Waals surface area contributed by atoms with Gasteiger partial charge in [0.05, 0.1) is 0 Å². The Bertz CT molecular complexity index is 1260. The van der Waals surface area contributed by atoms with E-state index in [9.17, 15) is 4.79 Å². The number of nitrogens with zero attached hydrogens (tertiary/aromatic N) is 1. The lowest BCUT2D eigenvalue weighted by Crippen LogP contribution is -2.37. The smallest absolute Gasteiger partial charge is 0.258 e. The number of hydrogen-bond donors (Lipinski definition) is 2. The molecule has 0 saturated carbocycles. The molecule has 1 aromatic heterocycles. The molecule has 0 aliphatic carbocycles. The van der Waals surface area contributed by atoms with Crippen LogP contribution in [0.15, 0.2) is 71.6 Å². The summed E-state index contributed by atoms with van der Waals surface area (Å²) in [6.45, 7) is 1.67. The first-order chi connectivity index (χ1) is 14.8. The van der Waals surface area contributed by atoms with E-state index >= 15 is 0 Å². The van der Waals surface area contributed by atoms with E-state index in [0.717, 1.165) is 58.0 Å². The van der Waals surface area contributed by atoms with Crippen molar-refractivity contribution >= 4 is 39.9 Å². The van der Waals surface area contributed by atoms with Gasteiger partial charge in [-0.1, -0.05) is 24.3 Å². The van der Waals surface area contributed by atoms with Gasteiger partial charge in [-0.15, -0.1) is 11.8 Å². The van der Waals surface area contributed by atoms with Crippen LogP contribution >= 0.6 is 11.8 Å². The Labute approximate surface area is 179 Å². The van der Waals surface area contributed by atoms with E-state index < -0.39 is 0 Å². The van der Waals surface area contributed by atoms with E-state index in [1.807, 2.05) is 28.8 Å². The van der Waals surface area contributed by atoms with Crippen molar-refractivity contribution in [2.24, 2.45) is 0 Å². The maximum atomic E-state index is 13.3. The number of fused-ring (bicyclic) bond motifs is 3. The fraction of sp³-hybridized carbons (Fsp3) is 0.160. The number of hydrogen-bond acceptors (Lipinski definition) is 3. The molecular weight excluding hydrogens is 390 g/mol. The largest absolute Gasteiger partial charge is 0.383 e. The molecule has 0 spiro atoms. The molecule has 0 saturated heterocycles. The van der Waals surface area contributed by atoms with Crippen LogP contribution < -0.4 is 10.2 Å². The first-order valence-corrected chi connectivity index (χ1v) is 11.3. The first kappa shape index (κ1) is 17.7. The molecule has 0 atom stereocenters. The zero-order valence-electron chi connectivity index (χ0n) is 16.4. The van der Waals surface area contributed by atoms with Gasteiger partial charge < -0.3 is 15.2 Å². The second kappa shape index (κ2) is 6.96. The average molecular weight is 412 g/mol. The average Bonchev–Trinajstić information content (AvgIpc) is 3.23. The summed E-state index contributed by atoms with van der Waals surface area (Å²) < 4.78 is 0. The third kappa shape index (κ3) is 2.89. The Kier molecular flexibility index (Phi) is 4.09. The summed E-state index contributed by atoms with van der Waals surface area (Å²) in [4.78, 5) is 19.9. The summed E-state index contributed by atoms with van der Waals surface area (Å²) in [6, 6.07) is 23.0. The number of nitrogens with one attached hydrogen (secondary N) is 2. The Morgan fingerprint density at radius 1 is 0.967 bits per heavy atom. The number of para-hydroxylation sites is 1. The molecule has 4 nitrogen and oxygen atoms in total. The Hall–Kier alpha value is -3.18. The summed E-state index contributed by atoms with van der Waals surface area (Å²) in [7, 11) is 0. The minimum Gasteiger partial charge on any atom is -0.383 e. The van der Waals surface area contributed by atoms with Crippen LogP contribution in [0, 0.1) is 0 Å². The minimum atomic E-state index is 0.0860. The van der Waals surface area contributed by atoms with Crippen molar-refractivity contribution in [2.45, 2.75) is 11.3 Å². The van der Waals surface area contributed by atoms with Crippen LogP contribution in [0.25, 0.3) is 22.2 Å². The predicted octanol–water partition coefficient (Wildman–Crippen LogP) is 5.56. The number of H-pyrrole nitrogens is 1. The van der Waals surface area contributed by atoms with Crippen molar-refractivity contribution in [1.29, 1.82) is 0 Å². The lowest BCUT2D eigenvalue weighted by atomic mass is 9.95. The van der Waals surface area contributed by atoms with E-state index in [2.05, 4.69) is 64.9 Å². The minimum absolute atomic E-state index is 0.0860. The molecule has 0 unspecified atom stereocenters. The van der Waals surface area contributed by atoms with Gasteiger partial charge >= 0.3 is 0 Å². The molecule has 30 heavy (non-hydrogen) atoms. The maximum absolute atomic E-state index is 13.3. The van der Waals surface area contributed by atoms with Crippen LogP contribution in [0.1, 0.15) is 15.9 Å². The Balaban J connectivity index is 1.32. The number of rotatable bonds is 2. The van der Waals surface area contributed by atoms with Crippen LogP contribution in [-0.4, -0.2) is 29.7 Å². The Morgan fingerprint density at radius 3 is 2.83 bits per heavy atom. The SMILES string of the molecule is O=C1c2ccc(-c3cc4ccccc4[nH]3)cc2CCN1c1ccc2c(c1)NCCS2. The highest BCUT2D eigenvalue weighted by molar-refractivity contribution is 7.99. The lowest BCUT2D eigenvalue weighted by Gasteiger charge is -2.30. The fourth-order valence-electron chi connectivity index (χ4n) is 4.43. The summed E-state index contributed by atoms with van der Waals surface area (Å²) in [6.07, 6.45) is 0.856. The molecule has 0 radical (unpaired) electrons. The second-order valence-electron chi connectivity index (χ2n) is 7.80. The van der Waals surface area contributed by atoms with Crippen molar-refractivity contribution in [1.82, 2.24) is 4.98 Å². The van der Waals surface area contributed by atoms with Gasteiger partial charge in [-0.2, -0.15) is 0 Å². The van der Waals surface area contributed by atoms with Gasteiger partial charge in [0.2, 0.25) is 0 Å². The lowest BCUT2D eigenvalue weighted by molar-refractivity contribution is 0.0980. The normalized spacial score (nSPS) is 15.6. The predicted molar refractivity (Wildman–Crippen MR) is 125 cm³/mol. The molecule has 3 aromatic carbocycles. The van der Waals surface area contributed by atoms with Crippen molar-refractivity contribution in [3.63, 3.8) is 0 Å². The van der Waals surface area contributed by atoms with Gasteiger partial charge in [0.1, 0.15) is 0 Å². The highest BCUT2D eigenvalue weighted by Gasteiger charge is 2.26. The first-order valence-electron chi connectivity index (χ1n) is 10.3. The molecule has 0 fully saturated rings. The zero-order valence-corrected chi connectivity index (χ0v) is 17.3. The van der Waals surface area contributed by atoms with Crippen molar-refractivity contribution in [3.8, 4) is 11.3 Å². The molecule has 6 rings (SSSR count). The van der Waals surface area contributed by atoms with Crippen LogP contribution in [0.2, 0.25) is 0 Å². The summed E-state index contributed by atoms with van der Waals surface area (Å²) in [5.74, 6) is 1.17. The van der Waals surface area contributed by atoms with Crippen LogP contribution in [0.3, 0.4) is 0 Å². The molecule has 2 aliphatic rings. The summed E-state index contributed by atoms with van der Waals surface area (Å²) in [5.41, 5.74) is 7.39. The number of aromatic nitrogens is 1. The number of benzene rings is 3. The molecule has 3 heterocycles. The molecule has 2 aliphatic heterocycles. The molecule has 1 amide bonds. The van der Waals surface area contributed by atoms with Gasteiger partial charge in [-0.05, 0) is 60.0 Å². The van der Waals surface area contributed by atoms with E-state index in [1.165, 1.54) is 10.3 Å². The molecule has 0 bridgehead atoms. The van der Waals surface area contributed by atoms with Crippen molar-refractivity contribution in [2.75, 3.05) is 29.1 Å². The quantitative estimate of drug-likeness (QED) is 0.454. The van der Waals surface area contributed by atoms with E-state index in [0.29, 0.717) is 6.54 Å². The molecule has 4 aromatic rings. The van der Waals surface area contributed by atoms with Crippen LogP contribution in [-0.2, 0) is 6.42 Å². The molecule has 148 valence electrons. The molecule has 2 N–H and O–H groups in total. The zero-order chi connectivity index (χ0) is 20.1. The number of carbonyl (C=O) groups is 1. The molecule has 5 heteroatoms. The van der Waals surface area contributed by atoms with E-state index in [1.54, 1.807) is 0 Å². The third-order valence-corrected chi connectivity index (χ3v) is 7.05. The number of amides is 1. The number of aromatic amines is 1. The maximum Gasteiger partial charge on any atom is 0.258 e. The summed E-state index contributed by atoms with van der Waals surface area (Å²) in [5, 5.41) is 4.65. The van der Waals surface area contributed by atoms with Crippen LogP contribution in [0.5, 0.6) is 0 Å². The standard InChI is InChI=1S/C25H21N3OS/c29-25-20-7-5-18(22-14-17-3-1-2-4-21(17)27-22)13-16(20)9-11-28(25)19-6-8-24-23(15-19)26-10-12-30-24/h1-8,13-15,26-27H,9-12H2. The van der Waals surface area contributed by atoms with E-state index in [-0.39, 0.29) is 5.91 Å². The summed E-state index contributed by atoms with van der Waals surface area (Å²) >= 11 is 1.87. The topological polar surface area (TPSA) is 48.1 Å². The molecular formula is C25H21N3OS. The van der Waals surface area contributed by atoms with Gasteiger partial charge in [-0.3, -0.25) is 4.79 Å². The second-order valence-corrected chi connectivity index (χ2v) is 8.94. The van der Waals surface area contributed by atoms with Crippen LogP contribution in [0.4, 0.5) is 11.4 Å². The van der Waals surface area contributed by atoms with Crippen molar-refractivity contribution < 1.29 is 4.79 Å². The van der Waals surface area contributed by atoms with Gasteiger partial charge in [-0.25, -0.2) is 0 Å². The highest BCUT2D eigenvalue weighted by atomic mass is 32.2. The van der Waals surface area contributed by atoms with Gasteiger partial charge in [0.15, 0.2) is 0 Å². The van der Waals surface area contributed by atoms with Gasteiger partial charge in [0, 0.05) is 57.3 Å². The van der Waals surface area contributed by atoms with E-state index in [4.69, 9.17) is 0 Å². The number of anilines is 2. The third-order valence-electron chi connectivity index (χ3n) is 5.98. The van der Waals surface area contributed by atoms with Gasteiger partial charge in [0.25, 0.3) is 5.91 Å².